The second-order valence-electron chi connectivity index (χ2n) is 4.13. The van der Waals surface area contributed by atoms with E-state index >= 15 is 0 Å². The van der Waals surface area contributed by atoms with Gasteiger partial charge in [0.05, 0.1) is 19.2 Å². The van der Waals surface area contributed by atoms with Crippen LogP contribution in [0.15, 0.2) is 30.3 Å². The molecule has 0 aromatic heterocycles. The van der Waals surface area contributed by atoms with Gasteiger partial charge in [0.25, 0.3) is 0 Å². The van der Waals surface area contributed by atoms with Gasteiger partial charge < -0.3 is 15.0 Å². The van der Waals surface area contributed by atoms with Crippen LogP contribution in [0.5, 0.6) is 0 Å². The fourth-order valence-corrected chi connectivity index (χ4v) is 1.83. The molecule has 1 heterocycles. The van der Waals surface area contributed by atoms with Gasteiger partial charge in [-0.15, -0.1) is 0 Å². The second-order valence-corrected chi connectivity index (χ2v) is 4.13. The maximum Gasteiger partial charge on any atom is 0.317 e. The van der Waals surface area contributed by atoms with Gasteiger partial charge in [-0.2, -0.15) is 0 Å². The number of urea groups is 1. The van der Waals surface area contributed by atoms with Gasteiger partial charge in [-0.3, -0.25) is 0 Å². The third kappa shape index (κ3) is 3.20. The lowest BCUT2D eigenvalue weighted by Gasteiger charge is -2.38. The molecule has 1 aliphatic rings. The van der Waals surface area contributed by atoms with E-state index in [9.17, 15) is 4.79 Å². The number of carbonyl (C=O) groups excluding carboxylic acids is 1. The van der Waals surface area contributed by atoms with Crippen LogP contribution in [0.1, 0.15) is 12.5 Å². The van der Waals surface area contributed by atoms with Gasteiger partial charge in [-0.1, -0.05) is 30.3 Å². The molecule has 0 unspecified atom stereocenters. The summed E-state index contributed by atoms with van der Waals surface area (Å²) in [4.78, 5) is 13.5. The Balaban J connectivity index is 1.69. The first-order valence-electron chi connectivity index (χ1n) is 5.98. The minimum absolute atomic E-state index is 0.00944. The fraction of sp³-hybridized carbons (Fsp3) is 0.462. The molecule has 0 bridgehead atoms. The Morgan fingerprint density at radius 2 is 2.12 bits per heavy atom. The zero-order valence-electron chi connectivity index (χ0n) is 10.1. The molecule has 1 fully saturated rings. The van der Waals surface area contributed by atoms with E-state index in [4.69, 9.17) is 4.74 Å². The highest BCUT2D eigenvalue weighted by atomic mass is 16.5. The quantitative estimate of drug-likeness (QED) is 0.860. The van der Waals surface area contributed by atoms with E-state index in [0.29, 0.717) is 26.2 Å². The predicted molar refractivity (Wildman–Crippen MR) is 65.7 cm³/mol. The lowest BCUT2D eigenvalue weighted by atomic mass is 10.2. The molecule has 1 saturated heterocycles. The molecule has 92 valence electrons. The maximum absolute atomic E-state index is 11.7. The molecule has 1 aromatic carbocycles. The SMILES string of the molecule is CCOC1CN(C(=O)NCc2ccccc2)C1. The molecule has 0 aliphatic carbocycles. The Morgan fingerprint density at radius 3 is 2.76 bits per heavy atom. The molecule has 1 aliphatic heterocycles. The summed E-state index contributed by atoms with van der Waals surface area (Å²) in [5.74, 6) is 0. The highest BCUT2D eigenvalue weighted by Crippen LogP contribution is 2.11. The van der Waals surface area contributed by atoms with E-state index in [1.165, 1.54) is 0 Å². The number of carbonyl (C=O) groups is 1. The van der Waals surface area contributed by atoms with Crippen LogP contribution in [0.4, 0.5) is 4.79 Å². The zero-order chi connectivity index (χ0) is 12.1. The molecular formula is C13H18N2O2. The van der Waals surface area contributed by atoms with Crippen LogP contribution >= 0.6 is 0 Å². The zero-order valence-corrected chi connectivity index (χ0v) is 10.1. The van der Waals surface area contributed by atoms with E-state index in [2.05, 4.69) is 5.32 Å². The molecule has 2 amide bonds. The van der Waals surface area contributed by atoms with Crippen LogP contribution in [-0.2, 0) is 11.3 Å². The van der Waals surface area contributed by atoms with Gasteiger partial charge in [0.15, 0.2) is 0 Å². The highest BCUT2D eigenvalue weighted by Gasteiger charge is 2.30. The van der Waals surface area contributed by atoms with Crippen LogP contribution < -0.4 is 5.32 Å². The van der Waals surface area contributed by atoms with Gasteiger partial charge in [-0.05, 0) is 12.5 Å². The molecule has 1 aromatic rings. The van der Waals surface area contributed by atoms with Gasteiger partial charge in [0, 0.05) is 13.2 Å². The molecule has 0 saturated carbocycles. The molecule has 0 atom stereocenters. The smallest absolute Gasteiger partial charge is 0.317 e. The number of nitrogens with zero attached hydrogens (tertiary/aromatic N) is 1. The number of hydrogen-bond acceptors (Lipinski definition) is 2. The summed E-state index contributed by atoms with van der Waals surface area (Å²) >= 11 is 0. The average Bonchev–Trinajstić information content (AvgIpc) is 2.31. The van der Waals surface area contributed by atoms with Crippen molar-refractivity contribution in [3.63, 3.8) is 0 Å². The molecule has 4 heteroatoms. The maximum atomic E-state index is 11.7. The molecule has 0 radical (unpaired) electrons. The van der Waals surface area contributed by atoms with E-state index in [0.717, 1.165) is 5.56 Å². The monoisotopic (exact) mass is 234 g/mol. The van der Waals surface area contributed by atoms with Crippen molar-refractivity contribution in [3.8, 4) is 0 Å². The lowest BCUT2D eigenvalue weighted by molar-refractivity contribution is -0.0300. The number of hydrogen-bond donors (Lipinski definition) is 1. The Kier molecular flexibility index (Phi) is 3.98. The van der Waals surface area contributed by atoms with Gasteiger partial charge in [0.2, 0.25) is 0 Å². The highest BCUT2D eigenvalue weighted by molar-refractivity contribution is 5.75. The summed E-state index contributed by atoms with van der Waals surface area (Å²) in [6.45, 7) is 4.67. The van der Waals surface area contributed by atoms with Gasteiger partial charge in [-0.25, -0.2) is 4.79 Å². The summed E-state index contributed by atoms with van der Waals surface area (Å²) < 4.78 is 5.40. The third-order valence-electron chi connectivity index (χ3n) is 2.82. The van der Waals surface area contributed by atoms with Crippen molar-refractivity contribution in [2.75, 3.05) is 19.7 Å². The van der Waals surface area contributed by atoms with E-state index in [1.54, 1.807) is 4.90 Å². The largest absolute Gasteiger partial charge is 0.375 e. The number of nitrogens with one attached hydrogen (secondary N) is 1. The normalized spacial score (nSPS) is 15.5. The predicted octanol–water partition coefficient (Wildman–Crippen LogP) is 1.62. The van der Waals surface area contributed by atoms with Gasteiger partial charge >= 0.3 is 6.03 Å². The summed E-state index contributed by atoms with van der Waals surface area (Å²) in [7, 11) is 0. The molecule has 2 rings (SSSR count). The lowest BCUT2D eigenvalue weighted by Crippen LogP contribution is -2.57. The van der Waals surface area contributed by atoms with Crippen molar-refractivity contribution < 1.29 is 9.53 Å². The van der Waals surface area contributed by atoms with Crippen molar-refractivity contribution in [3.05, 3.63) is 35.9 Å². The molecule has 1 N–H and O–H groups in total. The fourth-order valence-electron chi connectivity index (χ4n) is 1.83. The summed E-state index contributed by atoms with van der Waals surface area (Å²) in [5, 5.41) is 2.89. The van der Waals surface area contributed by atoms with E-state index in [-0.39, 0.29) is 12.1 Å². The van der Waals surface area contributed by atoms with Crippen molar-refractivity contribution in [1.82, 2.24) is 10.2 Å². The summed E-state index contributed by atoms with van der Waals surface area (Å²) in [6.07, 6.45) is 0.225. The third-order valence-corrected chi connectivity index (χ3v) is 2.82. The number of amides is 2. The molecular weight excluding hydrogens is 216 g/mol. The van der Waals surface area contributed by atoms with E-state index < -0.39 is 0 Å². The van der Waals surface area contributed by atoms with Crippen LogP contribution in [-0.4, -0.2) is 36.7 Å². The average molecular weight is 234 g/mol. The van der Waals surface area contributed by atoms with Crippen LogP contribution in [0.25, 0.3) is 0 Å². The van der Waals surface area contributed by atoms with Crippen LogP contribution in [0.3, 0.4) is 0 Å². The Labute approximate surface area is 102 Å². The number of ether oxygens (including phenoxy) is 1. The van der Waals surface area contributed by atoms with Crippen molar-refractivity contribution in [2.24, 2.45) is 0 Å². The summed E-state index contributed by atoms with van der Waals surface area (Å²) in [5.41, 5.74) is 1.11. The number of likely N-dealkylation sites (tertiary alicyclic amines) is 1. The standard InChI is InChI=1S/C13H18N2O2/c1-2-17-12-9-15(10-12)13(16)14-8-11-6-4-3-5-7-11/h3-7,12H,2,8-10H2,1H3,(H,14,16). The summed E-state index contributed by atoms with van der Waals surface area (Å²) in [6, 6.07) is 9.89. The number of rotatable bonds is 4. The van der Waals surface area contributed by atoms with Crippen molar-refractivity contribution in [1.29, 1.82) is 0 Å². The molecule has 17 heavy (non-hydrogen) atoms. The Hall–Kier alpha value is -1.55. The topological polar surface area (TPSA) is 41.6 Å². The van der Waals surface area contributed by atoms with Crippen LogP contribution in [0, 0.1) is 0 Å². The van der Waals surface area contributed by atoms with Crippen molar-refractivity contribution >= 4 is 6.03 Å². The first-order chi connectivity index (χ1) is 8.29. The molecule has 4 nitrogen and oxygen atoms in total. The minimum Gasteiger partial charge on any atom is -0.375 e. The molecule has 0 spiro atoms. The van der Waals surface area contributed by atoms with Crippen LogP contribution in [0.2, 0.25) is 0 Å². The first kappa shape index (κ1) is 11.9. The van der Waals surface area contributed by atoms with Gasteiger partial charge in [0.1, 0.15) is 0 Å². The second kappa shape index (κ2) is 5.68. The minimum atomic E-state index is -0.00944. The Bertz CT molecular complexity index is 361. The van der Waals surface area contributed by atoms with Crippen molar-refractivity contribution in [2.45, 2.75) is 19.6 Å². The number of benzene rings is 1. The van der Waals surface area contributed by atoms with E-state index in [1.807, 2.05) is 37.3 Å². The first-order valence-corrected chi connectivity index (χ1v) is 5.98. The Morgan fingerprint density at radius 1 is 1.41 bits per heavy atom.